The van der Waals surface area contributed by atoms with Gasteiger partial charge in [-0.15, -0.1) is 0 Å². The number of amides is 2. The van der Waals surface area contributed by atoms with Gasteiger partial charge in [0.15, 0.2) is 11.5 Å². The van der Waals surface area contributed by atoms with Gasteiger partial charge in [0.05, 0.1) is 12.1 Å². The molecular formula is C25H24ClN5O5. The van der Waals surface area contributed by atoms with Gasteiger partial charge in [-0.3, -0.25) is 14.7 Å². The zero-order valence-corrected chi connectivity index (χ0v) is 20.2. The Morgan fingerprint density at radius 3 is 2.69 bits per heavy atom. The van der Waals surface area contributed by atoms with E-state index < -0.39 is 17.9 Å². The maximum absolute atomic E-state index is 13.2. The molecule has 0 aliphatic heterocycles. The van der Waals surface area contributed by atoms with Crippen molar-refractivity contribution in [3.8, 4) is 0 Å². The zero-order valence-electron chi connectivity index (χ0n) is 19.4. The van der Waals surface area contributed by atoms with Crippen LogP contribution in [-0.2, 0) is 20.7 Å². The van der Waals surface area contributed by atoms with Gasteiger partial charge in [-0.2, -0.15) is 5.10 Å². The van der Waals surface area contributed by atoms with E-state index in [0.29, 0.717) is 35.0 Å². The number of ether oxygens (including phenoxy) is 1. The van der Waals surface area contributed by atoms with E-state index >= 15 is 0 Å². The second kappa shape index (κ2) is 11.5. The van der Waals surface area contributed by atoms with E-state index in [1.807, 2.05) is 24.3 Å². The van der Waals surface area contributed by atoms with Crippen molar-refractivity contribution in [2.75, 3.05) is 11.9 Å². The minimum Gasteiger partial charge on any atom is -0.461 e. The minimum absolute atomic E-state index is 0.0849. The Morgan fingerprint density at radius 2 is 1.92 bits per heavy atom. The smallest absolute Gasteiger partial charge is 0.360 e. The molecule has 3 N–H and O–H groups in total. The second-order valence-corrected chi connectivity index (χ2v) is 8.35. The summed E-state index contributed by atoms with van der Waals surface area (Å²) in [5.74, 6) is -0.513. The van der Waals surface area contributed by atoms with Crippen LogP contribution >= 0.6 is 11.6 Å². The van der Waals surface area contributed by atoms with Crippen LogP contribution < -0.4 is 10.6 Å². The molecule has 11 heteroatoms. The molecule has 0 aliphatic rings. The minimum atomic E-state index is -0.967. The van der Waals surface area contributed by atoms with Crippen LogP contribution in [0.15, 0.2) is 59.1 Å². The number of nitrogens with zero attached hydrogens (tertiary/aromatic N) is 2. The molecule has 2 aromatic heterocycles. The molecule has 36 heavy (non-hydrogen) atoms. The summed E-state index contributed by atoms with van der Waals surface area (Å²) in [6.07, 6.45) is 0.928. The van der Waals surface area contributed by atoms with Crippen LogP contribution in [-0.4, -0.2) is 39.7 Å². The quantitative estimate of drug-likeness (QED) is 0.272. The highest BCUT2D eigenvalue weighted by Crippen LogP contribution is 2.23. The molecule has 10 nitrogen and oxygen atoms in total. The van der Waals surface area contributed by atoms with Gasteiger partial charge >= 0.3 is 5.97 Å². The number of para-hydroxylation sites is 1. The lowest BCUT2D eigenvalue weighted by atomic mass is 10.1. The molecule has 0 saturated carbocycles. The van der Waals surface area contributed by atoms with Gasteiger partial charge in [0.25, 0.3) is 5.91 Å². The van der Waals surface area contributed by atoms with Crippen molar-refractivity contribution < 1.29 is 23.6 Å². The van der Waals surface area contributed by atoms with E-state index in [1.165, 1.54) is 6.07 Å². The lowest BCUT2D eigenvalue weighted by Gasteiger charge is -2.18. The summed E-state index contributed by atoms with van der Waals surface area (Å²) in [5, 5.41) is 17.6. The standard InChI is InChI=1S/C25H24ClN5O5/c1-2-35-25(34)20-14-17(36-31-20)6-5-9-21(32)27-22(15-10-12-16(26)13-11-15)24(33)28-23-18-7-3-4-8-19(18)29-30-23/h3-4,7-8,10-14,22H,2,5-6,9H2,1H3,(H,27,32)(H2,28,29,30,33). The van der Waals surface area contributed by atoms with Crippen LogP contribution in [0.25, 0.3) is 10.9 Å². The number of carbonyl (C=O) groups excluding carboxylic acids is 3. The largest absolute Gasteiger partial charge is 0.461 e. The van der Waals surface area contributed by atoms with E-state index in [0.717, 1.165) is 10.9 Å². The number of hydrogen-bond acceptors (Lipinski definition) is 7. The molecule has 0 aliphatic carbocycles. The lowest BCUT2D eigenvalue weighted by Crippen LogP contribution is -2.37. The fourth-order valence-electron chi connectivity index (χ4n) is 3.59. The zero-order chi connectivity index (χ0) is 25.5. The summed E-state index contributed by atoms with van der Waals surface area (Å²) in [6.45, 7) is 1.94. The third-order valence-corrected chi connectivity index (χ3v) is 5.61. The maximum atomic E-state index is 13.2. The highest BCUT2D eigenvalue weighted by Gasteiger charge is 2.24. The topological polar surface area (TPSA) is 139 Å². The van der Waals surface area contributed by atoms with E-state index in [9.17, 15) is 14.4 Å². The fourth-order valence-corrected chi connectivity index (χ4v) is 3.72. The first-order chi connectivity index (χ1) is 17.4. The molecule has 0 spiro atoms. The van der Waals surface area contributed by atoms with E-state index in [1.54, 1.807) is 31.2 Å². The number of halogens is 1. The molecule has 1 unspecified atom stereocenters. The summed E-state index contributed by atoms with van der Waals surface area (Å²) < 4.78 is 10.0. The predicted molar refractivity (Wildman–Crippen MR) is 132 cm³/mol. The van der Waals surface area contributed by atoms with Gasteiger partial charge < -0.3 is 19.9 Å². The number of nitrogens with one attached hydrogen (secondary N) is 3. The molecule has 4 rings (SSSR count). The average Bonchev–Trinajstić information content (AvgIpc) is 3.51. The number of rotatable bonds is 10. The van der Waals surface area contributed by atoms with Gasteiger partial charge in [-0.05, 0) is 43.2 Å². The van der Waals surface area contributed by atoms with Gasteiger partial charge in [0.1, 0.15) is 11.8 Å². The number of H-pyrrole nitrogens is 1. The number of aryl methyl sites for hydroxylation is 1. The summed E-state index contributed by atoms with van der Waals surface area (Å²) in [7, 11) is 0. The summed E-state index contributed by atoms with van der Waals surface area (Å²) >= 11 is 6.00. The van der Waals surface area contributed by atoms with Crippen molar-refractivity contribution in [1.29, 1.82) is 0 Å². The third-order valence-electron chi connectivity index (χ3n) is 5.35. The monoisotopic (exact) mass is 509 g/mol. The van der Waals surface area contributed by atoms with E-state index in [4.69, 9.17) is 20.9 Å². The van der Waals surface area contributed by atoms with Crippen LogP contribution in [0.5, 0.6) is 0 Å². The van der Waals surface area contributed by atoms with Crippen molar-refractivity contribution >= 4 is 46.1 Å². The lowest BCUT2D eigenvalue weighted by molar-refractivity contribution is -0.126. The van der Waals surface area contributed by atoms with Crippen molar-refractivity contribution in [2.24, 2.45) is 0 Å². The Hall–Kier alpha value is -4.18. The molecule has 0 saturated heterocycles. The van der Waals surface area contributed by atoms with Crippen molar-refractivity contribution in [2.45, 2.75) is 32.2 Å². The maximum Gasteiger partial charge on any atom is 0.360 e. The molecule has 2 amide bonds. The van der Waals surface area contributed by atoms with Gasteiger partial charge in [-0.1, -0.05) is 41.0 Å². The molecule has 0 bridgehead atoms. The SMILES string of the molecule is CCOC(=O)c1cc(CCCC(=O)NC(C(=O)Nc2n[nH]c3ccccc23)c2ccc(Cl)cc2)on1. The molecule has 4 aromatic rings. The number of fused-ring (bicyclic) bond motifs is 1. The first-order valence-electron chi connectivity index (χ1n) is 11.4. The summed E-state index contributed by atoms with van der Waals surface area (Å²) in [6, 6.07) is 14.6. The number of esters is 1. The first kappa shape index (κ1) is 24.9. The summed E-state index contributed by atoms with van der Waals surface area (Å²) in [4.78, 5) is 37.7. The highest BCUT2D eigenvalue weighted by atomic mass is 35.5. The number of aromatic amines is 1. The van der Waals surface area contributed by atoms with Crippen molar-refractivity contribution in [3.63, 3.8) is 0 Å². The molecule has 2 aromatic carbocycles. The van der Waals surface area contributed by atoms with Gasteiger partial charge in [0.2, 0.25) is 5.91 Å². The van der Waals surface area contributed by atoms with E-state index in [2.05, 4.69) is 26.0 Å². The molecule has 1 atom stereocenters. The number of anilines is 1. The number of hydrogen-bond donors (Lipinski definition) is 3. The Labute approximate surface area is 211 Å². The number of benzene rings is 2. The van der Waals surface area contributed by atoms with Crippen molar-refractivity contribution in [1.82, 2.24) is 20.7 Å². The van der Waals surface area contributed by atoms with Crippen LogP contribution in [0.4, 0.5) is 5.82 Å². The molecule has 0 radical (unpaired) electrons. The Balaban J connectivity index is 1.40. The fraction of sp³-hybridized carbons (Fsp3) is 0.240. The highest BCUT2D eigenvalue weighted by molar-refractivity contribution is 6.30. The van der Waals surface area contributed by atoms with Crippen LogP contribution in [0.1, 0.15) is 47.6 Å². The number of carbonyl (C=O) groups is 3. The van der Waals surface area contributed by atoms with E-state index in [-0.39, 0.29) is 24.6 Å². The van der Waals surface area contributed by atoms with Crippen molar-refractivity contribution in [3.05, 3.63) is 76.6 Å². The molecule has 186 valence electrons. The van der Waals surface area contributed by atoms with Gasteiger partial charge in [0, 0.05) is 29.3 Å². The molecule has 2 heterocycles. The van der Waals surface area contributed by atoms with Crippen LogP contribution in [0, 0.1) is 0 Å². The van der Waals surface area contributed by atoms with Crippen LogP contribution in [0.2, 0.25) is 5.02 Å². The second-order valence-electron chi connectivity index (χ2n) is 7.91. The Kier molecular flexibility index (Phi) is 7.96. The Bertz CT molecular complexity index is 1360. The third kappa shape index (κ3) is 6.08. The van der Waals surface area contributed by atoms with Crippen LogP contribution in [0.3, 0.4) is 0 Å². The predicted octanol–water partition coefficient (Wildman–Crippen LogP) is 4.20. The average molecular weight is 510 g/mol. The first-order valence-corrected chi connectivity index (χ1v) is 11.7. The normalized spacial score (nSPS) is 11.7. The van der Waals surface area contributed by atoms with Gasteiger partial charge in [-0.25, -0.2) is 4.79 Å². The Morgan fingerprint density at radius 1 is 1.14 bits per heavy atom. The number of aromatic nitrogens is 3. The molecular weight excluding hydrogens is 486 g/mol. The summed E-state index contributed by atoms with van der Waals surface area (Å²) in [5.41, 5.74) is 1.43. The molecule has 0 fully saturated rings.